The highest BCUT2D eigenvalue weighted by molar-refractivity contribution is 7.92. The molecule has 0 spiro atoms. The van der Waals surface area contributed by atoms with Gasteiger partial charge in [0, 0.05) is 17.0 Å². The summed E-state index contributed by atoms with van der Waals surface area (Å²) in [6, 6.07) is 19.9. The van der Waals surface area contributed by atoms with Gasteiger partial charge in [-0.2, -0.15) is 0 Å². The number of aryl methyl sites for hydroxylation is 1. The molecule has 1 aliphatic rings. The molecule has 0 bridgehead atoms. The van der Waals surface area contributed by atoms with Gasteiger partial charge in [0.25, 0.3) is 10.0 Å². The molecule has 4 rings (SSSR count). The van der Waals surface area contributed by atoms with Gasteiger partial charge in [0.05, 0.1) is 16.6 Å². The number of rotatable bonds is 3. The molecule has 0 amide bonds. The fraction of sp³-hybridized carbons (Fsp3) is 0.136. The second-order valence-electron chi connectivity index (χ2n) is 6.83. The minimum atomic E-state index is -3.87. The average Bonchev–Trinajstić information content (AvgIpc) is 2.68. The maximum Gasteiger partial charge on any atom is 0.264 e. The monoisotopic (exact) mass is 411 g/mol. The number of benzene rings is 3. The molecule has 0 radical (unpaired) electrons. The standard InChI is InChI=1S/C22H18ClNO3S/c1-15-6-12-18(13-7-15)28(26,27)24-20-5-3-2-4-19(20)22(25)14-21(24)16-8-10-17(23)11-9-16/h2-13,21H,14H2,1H3/t21-/m0/s1. The number of Topliss-reactive ketones (excluding diaryl/α,β-unsaturated/α-hetero) is 1. The van der Waals surface area contributed by atoms with Crippen molar-refractivity contribution in [3.05, 3.63) is 94.5 Å². The summed E-state index contributed by atoms with van der Waals surface area (Å²) < 4.78 is 28.6. The summed E-state index contributed by atoms with van der Waals surface area (Å²) in [5.74, 6) is -0.0779. The average molecular weight is 412 g/mol. The van der Waals surface area contributed by atoms with Gasteiger partial charge in [-0.1, -0.05) is 53.6 Å². The van der Waals surface area contributed by atoms with Gasteiger partial charge in [-0.25, -0.2) is 8.42 Å². The molecule has 4 nitrogen and oxygen atoms in total. The lowest BCUT2D eigenvalue weighted by Crippen LogP contribution is -2.40. The Labute approximate surface area is 169 Å². The number of hydrogen-bond acceptors (Lipinski definition) is 3. The fourth-order valence-electron chi connectivity index (χ4n) is 3.50. The second kappa shape index (κ2) is 7.08. The highest BCUT2D eigenvalue weighted by Crippen LogP contribution is 2.42. The Kier molecular flexibility index (Phi) is 4.73. The molecular formula is C22H18ClNO3S. The molecule has 0 aliphatic carbocycles. The van der Waals surface area contributed by atoms with Gasteiger partial charge < -0.3 is 0 Å². The van der Waals surface area contributed by atoms with Crippen molar-refractivity contribution in [2.75, 3.05) is 4.31 Å². The predicted molar refractivity (Wildman–Crippen MR) is 110 cm³/mol. The van der Waals surface area contributed by atoms with Gasteiger partial charge in [-0.05, 0) is 48.9 Å². The topological polar surface area (TPSA) is 54.5 Å². The van der Waals surface area contributed by atoms with Crippen LogP contribution in [0.3, 0.4) is 0 Å². The lowest BCUT2D eigenvalue weighted by Gasteiger charge is -2.37. The largest absolute Gasteiger partial charge is 0.294 e. The Morgan fingerprint density at radius 3 is 2.25 bits per heavy atom. The summed E-state index contributed by atoms with van der Waals surface area (Å²) in [4.78, 5) is 12.9. The van der Waals surface area contributed by atoms with E-state index in [4.69, 9.17) is 11.6 Å². The third kappa shape index (κ3) is 3.21. The van der Waals surface area contributed by atoms with E-state index in [1.54, 1.807) is 72.8 Å². The van der Waals surface area contributed by atoms with E-state index in [2.05, 4.69) is 0 Å². The fourth-order valence-corrected chi connectivity index (χ4v) is 5.28. The van der Waals surface area contributed by atoms with E-state index >= 15 is 0 Å². The maximum absolute atomic E-state index is 13.6. The number of sulfonamides is 1. The summed E-state index contributed by atoms with van der Waals surface area (Å²) in [7, 11) is -3.87. The molecule has 0 unspecified atom stereocenters. The predicted octanol–water partition coefficient (Wildman–Crippen LogP) is 5.17. The zero-order valence-electron chi connectivity index (χ0n) is 15.2. The molecule has 1 atom stereocenters. The van der Waals surface area contributed by atoms with Crippen LogP contribution < -0.4 is 4.31 Å². The highest BCUT2D eigenvalue weighted by Gasteiger charge is 2.39. The summed E-state index contributed by atoms with van der Waals surface area (Å²) >= 11 is 6.00. The summed E-state index contributed by atoms with van der Waals surface area (Å²) in [6.45, 7) is 1.90. The zero-order chi connectivity index (χ0) is 19.9. The third-order valence-electron chi connectivity index (χ3n) is 4.94. The van der Waals surface area contributed by atoms with E-state index in [9.17, 15) is 13.2 Å². The van der Waals surface area contributed by atoms with E-state index in [1.807, 2.05) is 6.92 Å². The first-order chi connectivity index (χ1) is 13.4. The van der Waals surface area contributed by atoms with E-state index < -0.39 is 16.1 Å². The molecule has 1 aliphatic heterocycles. The molecule has 142 valence electrons. The number of para-hydroxylation sites is 1. The van der Waals surface area contributed by atoms with Crippen LogP contribution in [0.1, 0.15) is 33.9 Å². The Hall–Kier alpha value is -2.63. The van der Waals surface area contributed by atoms with Crippen molar-refractivity contribution in [2.45, 2.75) is 24.3 Å². The molecule has 0 aromatic heterocycles. The number of hydrogen-bond donors (Lipinski definition) is 0. The molecule has 0 saturated carbocycles. The van der Waals surface area contributed by atoms with Crippen molar-refractivity contribution in [3.8, 4) is 0 Å². The van der Waals surface area contributed by atoms with Crippen molar-refractivity contribution >= 4 is 33.1 Å². The summed E-state index contributed by atoms with van der Waals surface area (Å²) in [5.41, 5.74) is 2.52. The third-order valence-corrected chi connectivity index (χ3v) is 7.03. The van der Waals surface area contributed by atoms with Gasteiger partial charge in [0.1, 0.15) is 0 Å². The Morgan fingerprint density at radius 2 is 1.57 bits per heavy atom. The molecule has 6 heteroatoms. The van der Waals surface area contributed by atoms with Crippen LogP contribution in [0.25, 0.3) is 0 Å². The Balaban J connectivity index is 1.92. The minimum absolute atomic E-state index is 0.0732. The van der Waals surface area contributed by atoms with Crippen LogP contribution >= 0.6 is 11.6 Å². The van der Waals surface area contributed by atoms with Gasteiger partial charge in [-0.15, -0.1) is 0 Å². The molecule has 3 aromatic carbocycles. The molecule has 0 saturated heterocycles. The van der Waals surface area contributed by atoms with Crippen molar-refractivity contribution in [1.82, 2.24) is 0 Å². The normalized spacial score (nSPS) is 16.7. The Bertz CT molecular complexity index is 1140. The minimum Gasteiger partial charge on any atom is -0.294 e. The first-order valence-electron chi connectivity index (χ1n) is 8.87. The van der Waals surface area contributed by atoms with E-state index in [0.717, 1.165) is 11.1 Å². The van der Waals surface area contributed by atoms with Crippen molar-refractivity contribution in [1.29, 1.82) is 0 Å². The number of carbonyl (C=O) groups is 1. The van der Waals surface area contributed by atoms with Crippen LogP contribution in [0, 0.1) is 6.92 Å². The van der Waals surface area contributed by atoms with Crippen molar-refractivity contribution in [3.63, 3.8) is 0 Å². The molecular weight excluding hydrogens is 394 g/mol. The van der Waals surface area contributed by atoms with Crippen LogP contribution in [-0.2, 0) is 10.0 Å². The molecule has 0 N–H and O–H groups in total. The van der Waals surface area contributed by atoms with Crippen molar-refractivity contribution in [2.24, 2.45) is 0 Å². The first kappa shape index (κ1) is 18.7. The van der Waals surface area contributed by atoms with E-state index in [0.29, 0.717) is 16.3 Å². The quantitative estimate of drug-likeness (QED) is 0.597. The molecule has 0 fully saturated rings. The van der Waals surface area contributed by atoms with Gasteiger partial charge >= 0.3 is 0 Å². The Morgan fingerprint density at radius 1 is 0.929 bits per heavy atom. The van der Waals surface area contributed by atoms with Crippen LogP contribution in [0.5, 0.6) is 0 Å². The molecule has 28 heavy (non-hydrogen) atoms. The number of anilines is 1. The van der Waals surface area contributed by atoms with E-state index in [1.165, 1.54) is 4.31 Å². The zero-order valence-corrected chi connectivity index (χ0v) is 16.7. The van der Waals surface area contributed by atoms with Crippen LogP contribution in [0.15, 0.2) is 77.7 Å². The summed E-state index contributed by atoms with van der Waals surface area (Å²) in [6.07, 6.45) is 0.0732. The highest BCUT2D eigenvalue weighted by atomic mass is 35.5. The van der Waals surface area contributed by atoms with Crippen LogP contribution in [0.2, 0.25) is 5.02 Å². The number of fused-ring (bicyclic) bond motifs is 1. The smallest absolute Gasteiger partial charge is 0.264 e. The molecule has 1 heterocycles. The second-order valence-corrected chi connectivity index (χ2v) is 9.08. The maximum atomic E-state index is 13.6. The number of nitrogens with zero attached hydrogens (tertiary/aromatic N) is 1. The summed E-state index contributed by atoms with van der Waals surface area (Å²) in [5, 5.41) is 0.555. The number of ketones is 1. The molecule has 3 aromatic rings. The van der Waals surface area contributed by atoms with E-state index in [-0.39, 0.29) is 17.1 Å². The lowest BCUT2D eigenvalue weighted by molar-refractivity contribution is 0.0969. The van der Waals surface area contributed by atoms with Crippen molar-refractivity contribution < 1.29 is 13.2 Å². The SMILES string of the molecule is Cc1ccc(S(=O)(=O)N2c3ccccc3C(=O)C[C@H]2c2ccc(Cl)cc2)cc1. The lowest BCUT2D eigenvalue weighted by atomic mass is 9.92. The van der Waals surface area contributed by atoms with Gasteiger partial charge in [-0.3, -0.25) is 9.10 Å². The van der Waals surface area contributed by atoms with Crippen LogP contribution in [-0.4, -0.2) is 14.2 Å². The van der Waals surface area contributed by atoms with Gasteiger partial charge in [0.2, 0.25) is 0 Å². The first-order valence-corrected chi connectivity index (χ1v) is 10.7. The van der Waals surface area contributed by atoms with Crippen LogP contribution in [0.4, 0.5) is 5.69 Å². The number of halogens is 1. The number of carbonyl (C=O) groups excluding carboxylic acids is 1. The van der Waals surface area contributed by atoms with Gasteiger partial charge in [0.15, 0.2) is 5.78 Å².